The van der Waals surface area contributed by atoms with Gasteiger partial charge in [0.25, 0.3) is 0 Å². The summed E-state index contributed by atoms with van der Waals surface area (Å²) >= 11 is 0. The number of carbonyl (C=O) groups is 1. The number of sulfonamides is 1. The van der Waals surface area contributed by atoms with E-state index in [-0.39, 0.29) is 12.0 Å². The molecule has 0 aromatic heterocycles. The third-order valence-corrected chi connectivity index (χ3v) is 7.20. The maximum atomic E-state index is 12.6. The van der Waals surface area contributed by atoms with Crippen molar-refractivity contribution in [1.29, 1.82) is 0 Å². The summed E-state index contributed by atoms with van der Waals surface area (Å²) in [6.45, 7) is 5.70. The Morgan fingerprint density at radius 3 is 2.17 bits per heavy atom. The van der Waals surface area contributed by atoms with Crippen LogP contribution < -0.4 is 5.32 Å². The van der Waals surface area contributed by atoms with E-state index in [1.807, 2.05) is 13.8 Å². The van der Waals surface area contributed by atoms with Crippen LogP contribution in [0.15, 0.2) is 0 Å². The van der Waals surface area contributed by atoms with E-state index >= 15 is 0 Å². The molecular formula is C17H32N2O4S. The van der Waals surface area contributed by atoms with Gasteiger partial charge in [0.1, 0.15) is 0 Å². The number of rotatable bonds is 5. The molecule has 1 amide bonds. The van der Waals surface area contributed by atoms with Crippen molar-refractivity contribution in [3.8, 4) is 0 Å². The SMILES string of the molecule is CC(C)(C(=O)NCC1CCN(S(C)(=O)=O)CC1)C1CCC(O)CC1. The Bertz CT molecular complexity index is 531. The summed E-state index contributed by atoms with van der Waals surface area (Å²) in [5, 5.41) is 12.7. The highest BCUT2D eigenvalue weighted by Gasteiger charge is 2.38. The van der Waals surface area contributed by atoms with Gasteiger partial charge in [0.2, 0.25) is 15.9 Å². The molecule has 2 rings (SSSR count). The molecule has 7 heteroatoms. The molecule has 0 unspecified atom stereocenters. The topological polar surface area (TPSA) is 86.7 Å². The Morgan fingerprint density at radius 1 is 1.12 bits per heavy atom. The number of aliphatic hydroxyl groups is 1. The predicted octanol–water partition coefficient (Wildman–Crippen LogP) is 1.35. The fourth-order valence-electron chi connectivity index (χ4n) is 3.89. The van der Waals surface area contributed by atoms with E-state index in [1.165, 1.54) is 10.6 Å². The maximum Gasteiger partial charge on any atom is 0.225 e. The van der Waals surface area contributed by atoms with Crippen molar-refractivity contribution in [3.63, 3.8) is 0 Å². The minimum Gasteiger partial charge on any atom is -0.393 e. The molecule has 140 valence electrons. The van der Waals surface area contributed by atoms with Crippen LogP contribution in [-0.2, 0) is 14.8 Å². The average molecular weight is 361 g/mol. The Hall–Kier alpha value is -0.660. The lowest BCUT2D eigenvalue weighted by atomic mass is 9.70. The number of carbonyl (C=O) groups excluding carboxylic acids is 1. The first-order valence-electron chi connectivity index (χ1n) is 9.02. The van der Waals surface area contributed by atoms with Crippen LogP contribution in [0.2, 0.25) is 0 Å². The number of aliphatic hydroxyl groups excluding tert-OH is 1. The highest BCUT2D eigenvalue weighted by Crippen LogP contribution is 2.38. The van der Waals surface area contributed by atoms with Gasteiger partial charge in [-0.25, -0.2) is 12.7 Å². The van der Waals surface area contributed by atoms with Crippen molar-refractivity contribution in [2.24, 2.45) is 17.3 Å². The molecule has 0 aromatic carbocycles. The molecule has 1 aliphatic heterocycles. The second-order valence-corrected chi connectivity index (χ2v) is 10.0. The molecule has 0 bridgehead atoms. The monoisotopic (exact) mass is 360 g/mol. The lowest BCUT2D eigenvalue weighted by Crippen LogP contribution is -2.46. The van der Waals surface area contributed by atoms with Gasteiger partial charge in [0.05, 0.1) is 12.4 Å². The summed E-state index contributed by atoms with van der Waals surface area (Å²) in [5.41, 5.74) is -0.423. The summed E-state index contributed by atoms with van der Waals surface area (Å²) in [5.74, 6) is 0.735. The normalized spacial score (nSPS) is 27.8. The second-order valence-electron chi connectivity index (χ2n) is 8.04. The third-order valence-electron chi connectivity index (χ3n) is 5.90. The first-order valence-corrected chi connectivity index (χ1v) is 10.9. The highest BCUT2D eigenvalue weighted by molar-refractivity contribution is 7.88. The van der Waals surface area contributed by atoms with E-state index in [0.29, 0.717) is 31.5 Å². The summed E-state index contributed by atoms with van der Waals surface area (Å²) < 4.78 is 24.6. The molecule has 1 aliphatic carbocycles. The molecule has 24 heavy (non-hydrogen) atoms. The van der Waals surface area contributed by atoms with Gasteiger partial charge in [-0.05, 0) is 50.4 Å². The molecule has 1 saturated carbocycles. The number of nitrogens with one attached hydrogen (secondary N) is 1. The van der Waals surface area contributed by atoms with E-state index in [2.05, 4.69) is 5.32 Å². The molecule has 0 spiro atoms. The number of hydrogen-bond acceptors (Lipinski definition) is 4. The highest BCUT2D eigenvalue weighted by atomic mass is 32.2. The van der Waals surface area contributed by atoms with Crippen molar-refractivity contribution in [1.82, 2.24) is 9.62 Å². The molecule has 0 atom stereocenters. The Balaban J connectivity index is 1.78. The molecule has 2 fully saturated rings. The van der Waals surface area contributed by atoms with Crippen LogP contribution in [0.4, 0.5) is 0 Å². The van der Waals surface area contributed by atoms with Gasteiger partial charge in [-0.1, -0.05) is 13.8 Å². The summed E-state index contributed by atoms with van der Waals surface area (Å²) in [6, 6.07) is 0. The van der Waals surface area contributed by atoms with E-state index < -0.39 is 15.4 Å². The van der Waals surface area contributed by atoms with Gasteiger partial charge in [0, 0.05) is 25.0 Å². The zero-order valence-electron chi connectivity index (χ0n) is 15.1. The fraction of sp³-hybridized carbons (Fsp3) is 0.941. The van der Waals surface area contributed by atoms with Crippen LogP contribution in [0.25, 0.3) is 0 Å². The van der Waals surface area contributed by atoms with Crippen molar-refractivity contribution < 1.29 is 18.3 Å². The lowest BCUT2D eigenvalue weighted by Gasteiger charge is -2.37. The zero-order valence-corrected chi connectivity index (χ0v) is 15.9. The number of amides is 1. The molecule has 6 nitrogen and oxygen atoms in total. The maximum absolute atomic E-state index is 12.6. The molecule has 1 heterocycles. The second kappa shape index (κ2) is 7.70. The average Bonchev–Trinajstić information content (AvgIpc) is 2.52. The van der Waals surface area contributed by atoms with Crippen LogP contribution in [0, 0.1) is 17.3 Å². The zero-order chi connectivity index (χ0) is 18.0. The van der Waals surface area contributed by atoms with E-state index in [0.717, 1.165) is 38.5 Å². The Morgan fingerprint density at radius 2 is 1.67 bits per heavy atom. The lowest BCUT2D eigenvalue weighted by molar-refractivity contribution is -0.133. The van der Waals surface area contributed by atoms with Crippen molar-refractivity contribution in [2.45, 2.75) is 58.5 Å². The van der Waals surface area contributed by atoms with Gasteiger partial charge in [0.15, 0.2) is 0 Å². The van der Waals surface area contributed by atoms with Crippen LogP contribution in [0.5, 0.6) is 0 Å². The van der Waals surface area contributed by atoms with E-state index in [9.17, 15) is 18.3 Å². The summed E-state index contributed by atoms with van der Waals surface area (Å²) in [6.07, 6.45) is 5.99. The number of nitrogens with zero attached hydrogens (tertiary/aromatic N) is 1. The van der Waals surface area contributed by atoms with E-state index in [4.69, 9.17) is 0 Å². The van der Waals surface area contributed by atoms with Crippen LogP contribution in [0.1, 0.15) is 52.4 Å². The minimum absolute atomic E-state index is 0.0782. The van der Waals surface area contributed by atoms with Gasteiger partial charge in [-0.15, -0.1) is 0 Å². The molecule has 2 aliphatic rings. The predicted molar refractivity (Wildman–Crippen MR) is 93.9 cm³/mol. The van der Waals surface area contributed by atoms with Crippen molar-refractivity contribution in [2.75, 3.05) is 25.9 Å². The van der Waals surface area contributed by atoms with Crippen molar-refractivity contribution >= 4 is 15.9 Å². The Kier molecular flexibility index (Phi) is 6.31. The molecular weight excluding hydrogens is 328 g/mol. The van der Waals surface area contributed by atoms with Crippen molar-refractivity contribution in [3.05, 3.63) is 0 Å². The molecule has 1 saturated heterocycles. The van der Waals surface area contributed by atoms with Gasteiger partial charge < -0.3 is 10.4 Å². The minimum atomic E-state index is -3.10. The smallest absolute Gasteiger partial charge is 0.225 e. The first kappa shape index (κ1) is 19.7. The Labute approximate surface area is 146 Å². The van der Waals surface area contributed by atoms with Crippen LogP contribution in [-0.4, -0.2) is 55.7 Å². The number of hydrogen-bond donors (Lipinski definition) is 2. The molecule has 0 radical (unpaired) electrons. The third kappa shape index (κ3) is 4.92. The van der Waals surface area contributed by atoms with Crippen LogP contribution >= 0.6 is 0 Å². The van der Waals surface area contributed by atoms with Crippen LogP contribution in [0.3, 0.4) is 0 Å². The number of piperidine rings is 1. The quantitative estimate of drug-likeness (QED) is 0.775. The fourth-order valence-corrected chi connectivity index (χ4v) is 4.77. The van der Waals surface area contributed by atoms with Gasteiger partial charge in [-0.3, -0.25) is 4.79 Å². The van der Waals surface area contributed by atoms with E-state index in [1.54, 1.807) is 0 Å². The van der Waals surface area contributed by atoms with Gasteiger partial charge >= 0.3 is 0 Å². The molecule has 2 N–H and O–H groups in total. The standard InChI is InChI=1S/C17H32N2O4S/c1-17(2,14-4-6-15(20)7-5-14)16(21)18-12-13-8-10-19(11-9-13)24(3,22)23/h13-15,20H,4-12H2,1-3H3,(H,18,21). The summed E-state index contributed by atoms with van der Waals surface area (Å²) in [4.78, 5) is 12.6. The summed E-state index contributed by atoms with van der Waals surface area (Å²) in [7, 11) is -3.10. The first-order chi connectivity index (χ1) is 11.1. The van der Waals surface area contributed by atoms with Gasteiger partial charge in [-0.2, -0.15) is 0 Å². The molecule has 0 aromatic rings. The largest absolute Gasteiger partial charge is 0.393 e.